The molecule has 1 unspecified atom stereocenters. The Kier molecular flexibility index (Phi) is 4.49. The van der Waals surface area contributed by atoms with E-state index < -0.39 is 0 Å². The highest BCUT2D eigenvalue weighted by Gasteiger charge is 2.14. The lowest BCUT2D eigenvalue weighted by molar-refractivity contribution is 0.107. The summed E-state index contributed by atoms with van der Waals surface area (Å²) in [5.41, 5.74) is 7.41. The van der Waals surface area contributed by atoms with Crippen molar-refractivity contribution in [3.8, 4) is 0 Å². The van der Waals surface area contributed by atoms with E-state index in [1.807, 2.05) is 19.1 Å². The van der Waals surface area contributed by atoms with E-state index in [4.69, 9.17) is 22.7 Å². The fourth-order valence-electron chi connectivity index (χ4n) is 2.13. The van der Waals surface area contributed by atoms with Gasteiger partial charge in [-0.05, 0) is 38.3 Å². The minimum absolute atomic E-state index is 0.400. The number of pyridine rings is 1. The number of nitrogens with two attached hydrogens (primary N) is 1. The first-order valence-corrected chi connectivity index (χ1v) is 6.70. The van der Waals surface area contributed by atoms with Crippen LogP contribution in [0.5, 0.6) is 0 Å². The Morgan fingerprint density at radius 3 is 3.11 bits per heavy atom. The second-order valence-corrected chi connectivity index (χ2v) is 5.04. The summed E-state index contributed by atoms with van der Waals surface area (Å²) in [6, 6.07) is 3.79. The van der Waals surface area contributed by atoms with Gasteiger partial charge < -0.3 is 15.8 Å². The van der Waals surface area contributed by atoms with Crippen molar-refractivity contribution in [3.63, 3.8) is 0 Å². The molecular weight excluding hydrogens is 246 g/mol. The van der Waals surface area contributed by atoms with E-state index >= 15 is 0 Å². The van der Waals surface area contributed by atoms with E-state index in [1.54, 1.807) is 0 Å². The number of aromatic nitrogens is 1. The second kappa shape index (κ2) is 6.11. The van der Waals surface area contributed by atoms with Crippen molar-refractivity contribution in [3.05, 3.63) is 23.4 Å². The molecule has 0 radical (unpaired) electrons. The molecule has 2 heterocycles. The molecule has 0 amide bonds. The molecule has 0 aliphatic carbocycles. The highest BCUT2D eigenvalue weighted by Crippen LogP contribution is 2.16. The lowest BCUT2D eigenvalue weighted by Crippen LogP contribution is -2.15. The van der Waals surface area contributed by atoms with E-state index in [2.05, 4.69) is 10.3 Å². The van der Waals surface area contributed by atoms with Gasteiger partial charge in [0.05, 0.1) is 6.10 Å². The monoisotopic (exact) mass is 265 g/mol. The zero-order chi connectivity index (χ0) is 13.0. The van der Waals surface area contributed by atoms with Gasteiger partial charge in [0.25, 0.3) is 0 Å². The Hall–Kier alpha value is -1.20. The van der Waals surface area contributed by atoms with Crippen LogP contribution in [0.2, 0.25) is 0 Å². The van der Waals surface area contributed by atoms with Crippen molar-refractivity contribution < 1.29 is 4.74 Å². The Morgan fingerprint density at radius 2 is 2.44 bits per heavy atom. The largest absolute Gasteiger partial charge is 0.389 e. The fourth-order valence-corrected chi connectivity index (χ4v) is 2.25. The van der Waals surface area contributed by atoms with E-state index in [9.17, 15) is 0 Å². The average Bonchev–Trinajstić information content (AvgIpc) is 2.81. The second-order valence-electron chi connectivity index (χ2n) is 4.60. The zero-order valence-corrected chi connectivity index (χ0v) is 11.4. The molecule has 4 nitrogen and oxygen atoms in total. The first kappa shape index (κ1) is 13.2. The third kappa shape index (κ3) is 3.65. The van der Waals surface area contributed by atoms with Crippen LogP contribution in [0.3, 0.4) is 0 Å². The molecule has 0 spiro atoms. The summed E-state index contributed by atoms with van der Waals surface area (Å²) in [4.78, 5) is 4.82. The Labute approximate surface area is 113 Å². The molecule has 3 N–H and O–H groups in total. The summed E-state index contributed by atoms with van der Waals surface area (Å²) in [5.74, 6) is 0.829. The van der Waals surface area contributed by atoms with Gasteiger partial charge >= 0.3 is 0 Å². The SMILES string of the molecule is Cc1cc(C(N)=S)cc(NCCC2CCCO2)n1. The number of nitrogens with one attached hydrogen (secondary N) is 1. The van der Waals surface area contributed by atoms with Crippen LogP contribution >= 0.6 is 12.2 Å². The molecule has 1 fully saturated rings. The van der Waals surface area contributed by atoms with Crippen LogP contribution < -0.4 is 11.1 Å². The topological polar surface area (TPSA) is 60.2 Å². The van der Waals surface area contributed by atoms with Crippen LogP contribution in [-0.4, -0.2) is 29.2 Å². The van der Waals surface area contributed by atoms with Gasteiger partial charge in [-0.2, -0.15) is 0 Å². The molecule has 2 rings (SSSR count). The molecule has 1 saturated heterocycles. The molecule has 18 heavy (non-hydrogen) atoms. The maximum atomic E-state index is 5.64. The van der Waals surface area contributed by atoms with Crippen LogP contribution in [0.25, 0.3) is 0 Å². The average molecular weight is 265 g/mol. The minimum Gasteiger partial charge on any atom is -0.389 e. The summed E-state index contributed by atoms with van der Waals surface area (Å²) in [5, 5.41) is 3.30. The van der Waals surface area contributed by atoms with Crippen LogP contribution in [0.15, 0.2) is 12.1 Å². The lowest BCUT2D eigenvalue weighted by Gasteiger charge is -2.11. The van der Waals surface area contributed by atoms with Crippen LogP contribution in [0, 0.1) is 6.92 Å². The van der Waals surface area contributed by atoms with E-state index in [0.29, 0.717) is 11.1 Å². The number of hydrogen-bond donors (Lipinski definition) is 2. The van der Waals surface area contributed by atoms with E-state index in [-0.39, 0.29) is 0 Å². The smallest absolute Gasteiger partial charge is 0.126 e. The van der Waals surface area contributed by atoms with Crippen molar-refractivity contribution >= 4 is 23.0 Å². The van der Waals surface area contributed by atoms with Gasteiger partial charge in [0.2, 0.25) is 0 Å². The van der Waals surface area contributed by atoms with Crippen molar-refractivity contribution in [2.24, 2.45) is 5.73 Å². The molecular formula is C13H19N3OS. The number of thiocarbonyl (C=S) groups is 1. The van der Waals surface area contributed by atoms with Gasteiger partial charge in [-0.25, -0.2) is 4.98 Å². The van der Waals surface area contributed by atoms with Crippen molar-refractivity contribution in [2.45, 2.75) is 32.3 Å². The Morgan fingerprint density at radius 1 is 1.61 bits per heavy atom. The van der Waals surface area contributed by atoms with Gasteiger partial charge in [-0.1, -0.05) is 12.2 Å². The number of ether oxygens (including phenoxy) is 1. The highest BCUT2D eigenvalue weighted by atomic mass is 32.1. The van der Waals surface area contributed by atoms with Crippen molar-refractivity contribution in [1.82, 2.24) is 4.98 Å². The Bertz CT molecular complexity index is 430. The number of nitrogens with zero attached hydrogens (tertiary/aromatic N) is 1. The van der Waals surface area contributed by atoms with Gasteiger partial charge in [0, 0.05) is 24.4 Å². The number of aryl methyl sites for hydroxylation is 1. The molecule has 5 heteroatoms. The predicted octanol–water partition coefficient (Wildman–Crippen LogP) is 2.01. The highest BCUT2D eigenvalue weighted by molar-refractivity contribution is 7.80. The standard InChI is InChI=1S/C13H19N3OS/c1-9-7-10(13(14)18)8-12(16-9)15-5-4-11-3-2-6-17-11/h7-8,11H,2-6H2,1H3,(H2,14,18)(H,15,16). The molecule has 0 aromatic carbocycles. The summed E-state index contributed by atoms with van der Waals surface area (Å²) in [7, 11) is 0. The first-order chi connectivity index (χ1) is 8.65. The third-order valence-corrected chi connectivity index (χ3v) is 3.27. The normalized spacial score (nSPS) is 18.8. The quantitative estimate of drug-likeness (QED) is 0.797. The maximum Gasteiger partial charge on any atom is 0.126 e. The molecule has 1 atom stereocenters. The van der Waals surface area contributed by atoms with Gasteiger partial charge in [-0.3, -0.25) is 0 Å². The van der Waals surface area contributed by atoms with Crippen LogP contribution in [0.1, 0.15) is 30.5 Å². The van der Waals surface area contributed by atoms with E-state index in [1.165, 1.54) is 12.8 Å². The zero-order valence-electron chi connectivity index (χ0n) is 10.6. The summed E-state index contributed by atoms with van der Waals surface area (Å²) < 4.78 is 5.58. The van der Waals surface area contributed by atoms with Gasteiger partial charge in [0.1, 0.15) is 10.8 Å². The summed E-state index contributed by atoms with van der Waals surface area (Å²) in [6.45, 7) is 3.70. The number of hydrogen-bond acceptors (Lipinski definition) is 4. The maximum absolute atomic E-state index is 5.64. The summed E-state index contributed by atoms with van der Waals surface area (Å²) in [6.07, 6.45) is 3.76. The molecule has 0 saturated carbocycles. The van der Waals surface area contributed by atoms with Crippen molar-refractivity contribution in [2.75, 3.05) is 18.5 Å². The fraction of sp³-hybridized carbons (Fsp3) is 0.538. The number of anilines is 1. The van der Waals surface area contributed by atoms with Crippen LogP contribution in [0.4, 0.5) is 5.82 Å². The van der Waals surface area contributed by atoms with Gasteiger partial charge in [0.15, 0.2) is 0 Å². The lowest BCUT2D eigenvalue weighted by atomic mass is 10.2. The predicted molar refractivity (Wildman–Crippen MR) is 76.9 cm³/mol. The molecule has 0 bridgehead atoms. The van der Waals surface area contributed by atoms with Crippen LogP contribution in [-0.2, 0) is 4.74 Å². The molecule has 1 aliphatic heterocycles. The molecule has 1 aromatic heterocycles. The number of rotatable bonds is 5. The molecule has 1 aromatic rings. The minimum atomic E-state index is 0.400. The van der Waals surface area contributed by atoms with E-state index in [0.717, 1.165) is 36.6 Å². The van der Waals surface area contributed by atoms with Crippen molar-refractivity contribution in [1.29, 1.82) is 0 Å². The third-order valence-electron chi connectivity index (χ3n) is 3.03. The van der Waals surface area contributed by atoms with Gasteiger partial charge in [-0.15, -0.1) is 0 Å². The Balaban J connectivity index is 1.89. The molecule has 98 valence electrons. The molecule has 1 aliphatic rings. The first-order valence-electron chi connectivity index (χ1n) is 6.29. The summed E-state index contributed by atoms with van der Waals surface area (Å²) >= 11 is 4.98.